The summed E-state index contributed by atoms with van der Waals surface area (Å²) in [4.78, 5) is 18.5. The van der Waals surface area contributed by atoms with Crippen LogP contribution in [-0.2, 0) is 11.3 Å². The number of amides is 1. The number of nitrogens with zero attached hydrogens (tertiary/aromatic N) is 4. The Hall–Kier alpha value is -2.38. The zero-order valence-corrected chi connectivity index (χ0v) is 15.3. The van der Waals surface area contributed by atoms with Gasteiger partial charge in [-0.2, -0.15) is 5.10 Å². The van der Waals surface area contributed by atoms with Gasteiger partial charge in [-0.05, 0) is 31.5 Å². The number of likely N-dealkylation sites (tertiary alicyclic amines) is 1. The molecule has 0 unspecified atom stereocenters. The van der Waals surface area contributed by atoms with E-state index in [-0.39, 0.29) is 5.91 Å². The van der Waals surface area contributed by atoms with E-state index in [2.05, 4.69) is 25.4 Å². The van der Waals surface area contributed by atoms with E-state index in [0.29, 0.717) is 10.9 Å². The Morgan fingerprint density at radius 2 is 2.31 bits per heavy atom. The molecule has 1 saturated heterocycles. The maximum Gasteiger partial charge on any atom is 0.221 e. The molecular formula is C18H21ClN6O. The van der Waals surface area contributed by atoms with Crippen LogP contribution in [0.25, 0.3) is 5.65 Å². The highest BCUT2D eigenvalue weighted by Crippen LogP contribution is 2.30. The van der Waals surface area contributed by atoms with E-state index in [1.807, 2.05) is 28.9 Å². The highest BCUT2D eigenvalue weighted by molar-refractivity contribution is 6.30. The molecule has 4 rings (SSSR count). The molecule has 1 aliphatic rings. The van der Waals surface area contributed by atoms with Crippen LogP contribution in [0.15, 0.2) is 30.7 Å². The number of hydrogen-bond acceptors (Lipinski definition) is 4. The molecule has 4 heterocycles. The summed E-state index contributed by atoms with van der Waals surface area (Å²) in [6.45, 7) is 4.25. The van der Waals surface area contributed by atoms with Crippen LogP contribution in [0.1, 0.15) is 37.1 Å². The molecule has 1 aliphatic heterocycles. The van der Waals surface area contributed by atoms with Crippen molar-refractivity contribution in [2.75, 3.05) is 18.4 Å². The number of hydrogen-bond donors (Lipinski definition) is 2. The summed E-state index contributed by atoms with van der Waals surface area (Å²) in [6, 6.07) is 3.78. The third kappa shape index (κ3) is 3.59. The molecule has 0 aromatic carbocycles. The van der Waals surface area contributed by atoms with Gasteiger partial charge < -0.3 is 9.72 Å². The number of pyridine rings is 1. The molecule has 3 aromatic rings. The molecule has 8 heteroatoms. The predicted octanol–water partition coefficient (Wildman–Crippen LogP) is 3.05. The molecule has 0 saturated carbocycles. The number of rotatable bonds is 4. The van der Waals surface area contributed by atoms with Gasteiger partial charge in [0.05, 0.1) is 28.3 Å². The molecule has 2 N–H and O–H groups in total. The first-order chi connectivity index (χ1) is 12.6. The Bertz CT molecular complexity index is 933. The number of carbonyl (C=O) groups is 1. The van der Waals surface area contributed by atoms with E-state index >= 15 is 0 Å². The van der Waals surface area contributed by atoms with Gasteiger partial charge in [-0.3, -0.25) is 14.8 Å². The molecule has 1 atom stereocenters. The van der Waals surface area contributed by atoms with E-state index in [9.17, 15) is 4.79 Å². The average Bonchev–Trinajstić information content (AvgIpc) is 3.20. The van der Waals surface area contributed by atoms with E-state index in [4.69, 9.17) is 11.6 Å². The van der Waals surface area contributed by atoms with E-state index in [1.54, 1.807) is 6.20 Å². The first-order valence-electron chi connectivity index (χ1n) is 8.75. The fourth-order valence-electron chi connectivity index (χ4n) is 3.65. The monoisotopic (exact) mass is 372 g/mol. The van der Waals surface area contributed by atoms with Crippen LogP contribution in [0.4, 0.5) is 5.69 Å². The van der Waals surface area contributed by atoms with Crippen molar-refractivity contribution in [3.05, 3.63) is 47.1 Å². The number of carbonyl (C=O) groups excluding carboxylic acids is 1. The summed E-state index contributed by atoms with van der Waals surface area (Å²) in [5.74, 6) is 0.239. The molecule has 0 spiro atoms. The lowest BCUT2D eigenvalue weighted by atomic mass is 9.94. The summed E-state index contributed by atoms with van der Waals surface area (Å²) in [7, 11) is 0. The Morgan fingerprint density at radius 1 is 1.42 bits per heavy atom. The highest BCUT2D eigenvalue weighted by Gasteiger charge is 2.25. The maximum atomic E-state index is 11.4. The lowest BCUT2D eigenvalue weighted by Gasteiger charge is -2.32. The van der Waals surface area contributed by atoms with Crippen molar-refractivity contribution in [1.82, 2.24) is 24.5 Å². The summed E-state index contributed by atoms with van der Waals surface area (Å²) < 4.78 is 1.96. The lowest BCUT2D eigenvalue weighted by molar-refractivity contribution is -0.114. The Morgan fingerprint density at radius 3 is 3.15 bits per heavy atom. The lowest BCUT2D eigenvalue weighted by Crippen LogP contribution is -2.34. The molecule has 0 bridgehead atoms. The van der Waals surface area contributed by atoms with Crippen molar-refractivity contribution in [3.63, 3.8) is 0 Å². The number of fused-ring (bicyclic) bond motifs is 1. The molecule has 3 aromatic heterocycles. The van der Waals surface area contributed by atoms with Crippen LogP contribution < -0.4 is 5.32 Å². The molecule has 26 heavy (non-hydrogen) atoms. The number of halogens is 1. The van der Waals surface area contributed by atoms with Crippen molar-refractivity contribution >= 4 is 28.8 Å². The summed E-state index contributed by atoms with van der Waals surface area (Å²) in [6.07, 6.45) is 7.76. The maximum absolute atomic E-state index is 11.4. The number of aromatic nitrogens is 4. The van der Waals surface area contributed by atoms with Gasteiger partial charge in [0.2, 0.25) is 5.91 Å². The largest absolute Gasteiger partial charge is 0.323 e. The van der Waals surface area contributed by atoms with Gasteiger partial charge >= 0.3 is 0 Å². The Labute approximate surface area is 156 Å². The van der Waals surface area contributed by atoms with Crippen LogP contribution in [0.5, 0.6) is 0 Å². The Kier molecular flexibility index (Phi) is 4.65. The van der Waals surface area contributed by atoms with Crippen LogP contribution in [0.3, 0.4) is 0 Å². The molecule has 7 nitrogen and oxygen atoms in total. The third-order valence-electron chi connectivity index (χ3n) is 4.74. The SMILES string of the molecule is CC(=O)Nc1cn[nH]c1[C@H]1CCCN(Cc2cn3cc(Cl)ccc3n2)C1. The van der Waals surface area contributed by atoms with Crippen LogP contribution in [0, 0.1) is 0 Å². The van der Waals surface area contributed by atoms with Crippen molar-refractivity contribution in [1.29, 1.82) is 0 Å². The van der Waals surface area contributed by atoms with E-state index in [0.717, 1.165) is 55.2 Å². The van der Waals surface area contributed by atoms with E-state index < -0.39 is 0 Å². The van der Waals surface area contributed by atoms with Gasteiger partial charge in [0.25, 0.3) is 0 Å². The summed E-state index contributed by atoms with van der Waals surface area (Å²) >= 11 is 6.05. The second kappa shape index (κ2) is 7.09. The molecule has 1 amide bonds. The smallest absolute Gasteiger partial charge is 0.221 e. The number of piperidine rings is 1. The van der Waals surface area contributed by atoms with Gasteiger partial charge in [0.15, 0.2) is 0 Å². The van der Waals surface area contributed by atoms with Gasteiger partial charge in [0, 0.05) is 38.3 Å². The van der Waals surface area contributed by atoms with Crippen molar-refractivity contribution in [2.45, 2.75) is 32.2 Å². The average molecular weight is 373 g/mol. The Balaban J connectivity index is 1.48. The second-order valence-electron chi connectivity index (χ2n) is 6.80. The van der Waals surface area contributed by atoms with Gasteiger partial charge in [-0.1, -0.05) is 11.6 Å². The normalized spacial score (nSPS) is 18.3. The summed E-state index contributed by atoms with van der Waals surface area (Å²) in [5, 5.41) is 10.7. The number of nitrogens with one attached hydrogen (secondary N) is 2. The molecule has 1 fully saturated rings. The minimum Gasteiger partial charge on any atom is -0.323 e. The van der Waals surface area contributed by atoms with Crippen molar-refractivity contribution in [2.24, 2.45) is 0 Å². The zero-order valence-electron chi connectivity index (χ0n) is 14.6. The number of imidazole rings is 1. The fourth-order valence-corrected chi connectivity index (χ4v) is 3.82. The van der Waals surface area contributed by atoms with Gasteiger partial charge in [-0.25, -0.2) is 4.98 Å². The molecule has 0 aliphatic carbocycles. The van der Waals surface area contributed by atoms with Crippen LogP contribution in [-0.4, -0.2) is 43.5 Å². The third-order valence-corrected chi connectivity index (χ3v) is 4.97. The van der Waals surface area contributed by atoms with Gasteiger partial charge in [-0.15, -0.1) is 0 Å². The number of aromatic amines is 1. The number of H-pyrrole nitrogens is 1. The molecule has 136 valence electrons. The first kappa shape index (κ1) is 17.1. The quantitative estimate of drug-likeness (QED) is 0.737. The van der Waals surface area contributed by atoms with Crippen molar-refractivity contribution < 1.29 is 4.79 Å². The number of anilines is 1. The zero-order chi connectivity index (χ0) is 18.1. The van der Waals surface area contributed by atoms with E-state index in [1.165, 1.54) is 6.92 Å². The molecule has 0 radical (unpaired) electrons. The van der Waals surface area contributed by atoms with Crippen LogP contribution in [0.2, 0.25) is 5.02 Å². The minimum absolute atomic E-state index is 0.0799. The topological polar surface area (TPSA) is 78.3 Å². The standard InChI is InChI=1S/C18H21ClN6O/c1-12(26)21-16-7-20-23-18(16)13-3-2-6-24(8-13)10-15-11-25-9-14(19)4-5-17(25)22-15/h4-5,7,9,11,13H,2-3,6,8,10H2,1H3,(H,20,23)(H,21,26)/t13-/m0/s1. The fraction of sp³-hybridized carbons (Fsp3) is 0.389. The minimum atomic E-state index is -0.0799. The van der Waals surface area contributed by atoms with Crippen molar-refractivity contribution in [3.8, 4) is 0 Å². The molecular weight excluding hydrogens is 352 g/mol. The highest BCUT2D eigenvalue weighted by atomic mass is 35.5. The second-order valence-corrected chi connectivity index (χ2v) is 7.23. The first-order valence-corrected chi connectivity index (χ1v) is 9.12. The van der Waals surface area contributed by atoms with Gasteiger partial charge in [0.1, 0.15) is 5.65 Å². The predicted molar refractivity (Wildman–Crippen MR) is 100 cm³/mol. The summed E-state index contributed by atoms with van der Waals surface area (Å²) in [5.41, 5.74) is 3.72. The van der Waals surface area contributed by atoms with Crippen LogP contribution >= 0.6 is 11.6 Å².